The second kappa shape index (κ2) is 1.95. The van der Waals surface area contributed by atoms with Crippen LogP contribution in [0, 0.1) is 0 Å². The number of hydrogen-bond donors (Lipinski definition) is 1. The van der Waals surface area contributed by atoms with Crippen molar-refractivity contribution >= 4 is 11.9 Å². The van der Waals surface area contributed by atoms with Crippen LogP contribution in [0.5, 0.6) is 0 Å². The zero-order valence-electron chi connectivity index (χ0n) is 4.92. The summed E-state index contributed by atoms with van der Waals surface area (Å²) in [4.78, 5) is 1.37. The number of allylic oxidation sites excluding steroid dienone is 4. The summed E-state index contributed by atoms with van der Waals surface area (Å²) in [6, 6.07) is 0. The maximum absolute atomic E-state index is 3.08. The highest BCUT2D eigenvalue weighted by Crippen LogP contribution is 2.29. The van der Waals surface area contributed by atoms with Crippen LogP contribution in [-0.2, 0) is 0 Å². The molecule has 0 aromatic heterocycles. The fourth-order valence-corrected chi connectivity index (χ4v) is 1.69. The predicted octanol–water partition coefficient (Wildman–Crippen LogP) is 1.97. The van der Waals surface area contributed by atoms with Crippen LogP contribution in [0.2, 0.25) is 0 Å². The standard InChI is InChI=1S/C7H7NS/c1-2-6-4-5-8-9-7(6)3-1/h1,3-5,8H,2H2. The van der Waals surface area contributed by atoms with Gasteiger partial charge >= 0.3 is 0 Å². The maximum atomic E-state index is 3.08. The van der Waals surface area contributed by atoms with E-state index >= 15 is 0 Å². The molecular formula is C7H7NS. The summed E-state index contributed by atoms with van der Waals surface area (Å²) in [5, 5.41) is 0. The molecule has 1 aliphatic heterocycles. The minimum Gasteiger partial charge on any atom is -0.332 e. The molecule has 2 heteroatoms. The van der Waals surface area contributed by atoms with E-state index in [0.717, 1.165) is 6.42 Å². The van der Waals surface area contributed by atoms with Gasteiger partial charge in [-0.2, -0.15) is 0 Å². The van der Waals surface area contributed by atoms with E-state index in [0.29, 0.717) is 0 Å². The lowest BCUT2D eigenvalue weighted by atomic mass is 10.2. The van der Waals surface area contributed by atoms with Crippen LogP contribution >= 0.6 is 11.9 Å². The van der Waals surface area contributed by atoms with Gasteiger partial charge in [0.25, 0.3) is 0 Å². The fourth-order valence-electron chi connectivity index (χ4n) is 0.982. The van der Waals surface area contributed by atoms with Crippen LogP contribution in [0.4, 0.5) is 0 Å². The van der Waals surface area contributed by atoms with Crippen molar-refractivity contribution in [1.82, 2.24) is 4.72 Å². The fraction of sp³-hybridized carbons (Fsp3) is 0.143. The summed E-state index contributed by atoms with van der Waals surface area (Å²) < 4.78 is 3.08. The van der Waals surface area contributed by atoms with E-state index in [9.17, 15) is 0 Å². The van der Waals surface area contributed by atoms with E-state index in [2.05, 4.69) is 23.0 Å². The highest BCUT2D eigenvalue weighted by molar-refractivity contribution is 8.01. The Kier molecular flexibility index (Phi) is 1.12. The Labute approximate surface area is 58.7 Å². The quantitative estimate of drug-likeness (QED) is 0.512. The van der Waals surface area contributed by atoms with Crippen molar-refractivity contribution in [2.45, 2.75) is 6.42 Å². The van der Waals surface area contributed by atoms with E-state index in [1.807, 2.05) is 6.20 Å². The summed E-state index contributed by atoms with van der Waals surface area (Å²) in [5.74, 6) is 0. The van der Waals surface area contributed by atoms with Gasteiger partial charge < -0.3 is 4.72 Å². The second-order valence-electron chi connectivity index (χ2n) is 2.05. The molecule has 0 saturated heterocycles. The molecule has 0 aromatic carbocycles. The zero-order chi connectivity index (χ0) is 6.10. The number of hydrogen-bond acceptors (Lipinski definition) is 2. The third kappa shape index (κ3) is 0.793. The number of nitrogens with one attached hydrogen (secondary N) is 1. The van der Waals surface area contributed by atoms with Gasteiger partial charge in [-0.05, 0) is 30.0 Å². The van der Waals surface area contributed by atoms with Crippen molar-refractivity contribution in [2.24, 2.45) is 0 Å². The van der Waals surface area contributed by atoms with Gasteiger partial charge in [0.2, 0.25) is 0 Å². The van der Waals surface area contributed by atoms with Crippen molar-refractivity contribution in [2.75, 3.05) is 0 Å². The largest absolute Gasteiger partial charge is 0.332 e. The Bertz CT molecular complexity index is 213. The lowest BCUT2D eigenvalue weighted by molar-refractivity contribution is 1.28. The third-order valence-corrected chi connectivity index (χ3v) is 2.32. The Morgan fingerprint density at radius 2 is 2.44 bits per heavy atom. The summed E-state index contributed by atoms with van der Waals surface area (Å²) in [5.41, 5.74) is 1.44. The summed E-state index contributed by atoms with van der Waals surface area (Å²) in [7, 11) is 0. The highest BCUT2D eigenvalue weighted by atomic mass is 32.2. The van der Waals surface area contributed by atoms with Crippen LogP contribution in [0.1, 0.15) is 6.42 Å². The average Bonchev–Trinajstić information content (AvgIpc) is 2.33. The molecule has 0 amide bonds. The number of rotatable bonds is 0. The molecule has 9 heavy (non-hydrogen) atoms. The van der Waals surface area contributed by atoms with Crippen molar-refractivity contribution in [3.05, 3.63) is 34.9 Å². The molecule has 1 aliphatic carbocycles. The van der Waals surface area contributed by atoms with E-state index in [1.165, 1.54) is 10.5 Å². The lowest BCUT2D eigenvalue weighted by Gasteiger charge is -2.06. The zero-order valence-corrected chi connectivity index (χ0v) is 5.74. The SMILES string of the molecule is C1=CC2=C(C=CNS2)C1. The molecule has 0 aromatic rings. The molecule has 0 radical (unpaired) electrons. The lowest BCUT2D eigenvalue weighted by Crippen LogP contribution is -1.96. The molecule has 2 rings (SSSR count). The van der Waals surface area contributed by atoms with Crippen molar-refractivity contribution in [1.29, 1.82) is 0 Å². The van der Waals surface area contributed by atoms with Gasteiger partial charge in [0, 0.05) is 11.1 Å². The van der Waals surface area contributed by atoms with Gasteiger partial charge in [0.05, 0.1) is 0 Å². The average molecular weight is 137 g/mol. The molecule has 0 atom stereocenters. The molecule has 2 aliphatic rings. The highest BCUT2D eigenvalue weighted by Gasteiger charge is 2.08. The molecule has 0 spiro atoms. The first-order valence-electron chi connectivity index (χ1n) is 2.95. The van der Waals surface area contributed by atoms with Gasteiger partial charge in [-0.15, -0.1) is 0 Å². The van der Waals surface area contributed by atoms with Crippen LogP contribution < -0.4 is 4.72 Å². The van der Waals surface area contributed by atoms with Gasteiger partial charge in [-0.3, -0.25) is 0 Å². The smallest absolute Gasteiger partial charge is 0.0317 e. The first-order valence-corrected chi connectivity index (χ1v) is 3.77. The van der Waals surface area contributed by atoms with Crippen LogP contribution in [-0.4, -0.2) is 0 Å². The second-order valence-corrected chi connectivity index (χ2v) is 2.93. The van der Waals surface area contributed by atoms with E-state index < -0.39 is 0 Å². The molecule has 46 valence electrons. The first kappa shape index (κ1) is 5.18. The van der Waals surface area contributed by atoms with Gasteiger partial charge in [-0.25, -0.2) is 0 Å². The van der Waals surface area contributed by atoms with Crippen LogP contribution in [0.15, 0.2) is 34.9 Å². The van der Waals surface area contributed by atoms with E-state index in [-0.39, 0.29) is 0 Å². The summed E-state index contributed by atoms with van der Waals surface area (Å²) in [6.45, 7) is 0. The first-order chi connectivity index (χ1) is 4.47. The molecule has 0 fully saturated rings. The normalized spacial score (nSPS) is 22.2. The van der Waals surface area contributed by atoms with Crippen molar-refractivity contribution in [3.63, 3.8) is 0 Å². The molecule has 0 unspecified atom stereocenters. The Morgan fingerprint density at radius 1 is 1.44 bits per heavy atom. The Hall–Kier alpha value is -0.630. The van der Waals surface area contributed by atoms with Crippen LogP contribution in [0.25, 0.3) is 0 Å². The van der Waals surface area contributed by atoms with E-state index in [1.54, 1.807) is 11.9 Å². The molecular weight excluding hydrogens is 130 g/mol. The maximum Gasteiger partial charge on any atom is 0.0317 e. The monoisotopic (exact) mass is 137 g/mol. The molecule has 1 heterocycles. The molecule has 1 N–H and O–H groups in total. The molecule has 0 bridgehead atoms. The summed E-state index contributed by atoms with van der Waals surface area (Å²) in [6.07, 6.45) is 9.58. The Morgan fingerprint density at radius 3 is 3.33 bits per heavy atom. The predicted molar refractivity (Wildman–Crippen MR) is 40.6 cm³/mol. The summed E-state index contributed by atoms with van der Waals surface area (Å²) >= 11 is 1.69. The van der Waals surface area contributed by atoms with Crippen molar-refractivity contribution < 1.29 is 0 Å². The van der Waals surface area contributed by atoms with Gasteiger partial charge in [0.15, 0.2) is 0 Å². The van der Waals surface area contributed by atoms with Gasteiger partial charge in [0.1, 0.15) is 0 Å². The van der Waals surface area contributed by atoms with Crippen molar-refractivity contribution in [3.8, 4) is 0 Å². The van der Waals surface area contributed by atoms with Crippen LogP contribution in [0.3, 0.4) is 0 Å². The Balaban J connectivity index is 2.35. The molecule has 0 saturated carbocycles. The third-order valence-electron chi connectivity index (χ3n) is 1.44. The minimum absolute atomic E-state index is 1.11. The minimum atomic E-state index is 1.11. The molecule has 1 nitrogen and oxygen atoms in total. The van der Waals surface area contributed by atoms with Gasteiger partial charge in [-0.1, -0.05) is 12.2 Å². The van der Waals surface area contributed by atoms with E-state index in [4.69, 9.17) is 0 Å². The topological polar surface area (TPSA) is 12.0 Å².